The van der Waals surface area contributed by atoms with E-state index in [4.69, 9.17) is 10.5 Å². The summed E-state index contributed by atoms with van der Waals surface area (Å²) in [4.78, 5) is 2.30. The van der Waals surface area contributed by atoms with Crippen LogP contribution in [0.3, 0.4) is 0 Å². The molecule has 1 aliphatic heterocycles. The zero-order valence-corrected chi connectivity index (χ0v) is 9.79. The molecule has 1 saturated heterocycles. The van der Waals surface area contributed by atoms with Gasteiger partial charge in [-0.25, -0.2) is 4.39 Å². The van der Waals surface area contributed by atoms with Crippen molar-refractivity contribution < 1.29 is 9.13 Å². The fraction of sp³-hybridized carbons (Fsp3) is 0.500. The molecule has 2 rings (SSSR count). The van der Waals surface area contributed by atoms with Crippen LogP contribution in [0.25, 0.3) is 0 Å². The number of hydrogen-bond donors (Lipinski definition) is 2. The second-order valence-electron chi connectivity index (χ2n) is 4.13. The van der Waals surface area contributed by atoms with Crippen molar-refractivity contribution in [2.75, 3.05) is 45.1 Å². The van der Waals surface area contributed by atoms with E-state index in [1.165, 1.54) is 6.07 Å². The summed E-state index contributed by atoms with van der Waals surface area (Å²) in [6, 6.07) is 4.49. The number of halogens is 1. The van der Waals surface area contributed by atoms with Crippen molar-refractivity contribution in [3.63, 3.8) is 0 Å². The molecule has 0 aliphatic carbocycles. The lowest BCUT2D eigenvalue weighted by Crippen LogP contribution is -2.44. The molecular weight excluding hydrogens is 221 g/mol. The molecule has 4 nitrogen and oxygen atoms in total. The van der Waals surface area contributed by atoms with Gasteiger partial charge in [0.2, 0.25) is 0 Å². The summed E-state index contributed by atoms with van der Waals surface area (Å²) in [6.45, 7) is 5.39. The van der Waals surface area contributed by atoms with Crippen molar-refractivity contribution in [2.24, 2.45) is 0 Å². The van der Waals surface area contributed by atoms with Crippen molar-refractivity contribution in [3.05, 3.63) is 24.0 Å². The summed E-state index contributed by atoms with van der Waals surface area (Å²) in [5.41, 5.74) is 5.88. The van der Waals surface area contributed by atoms with Crippen LogP contribution in [0.1, 0.15) is 0 Å². The first kappa shape index (κ1) is 12.1. The number of hydrogen-bond acceptors (Lipinski definition) is 4. The fourth-order valence-electron chi connectivity index (χ4n) is 1.85. The minimum Gasteiger partial charge on any atom is -0.489 e. The van der Waals surface area contributed by atoms with Gasteiger partial charge in [0, 0.05) is 44.5 Å². The minimum atomic E-state index is -0.398. The van der Waals surface area contributed by atoms with E-state index in [9.17, 15) is 4.39 Å². The number of rotatable bonds is 4. The smallest absolute Gasteiger partial charge is 0.167 e. The van der Waals surface area contributed by atoms with Crippen LogP contribution in [0.15, 0.2) is 18.2 Å². The van der Waals surface area contributed by atoms with Gasteiger partial charge in [0.05, 0.1) is 0 Å². The van der Waals surface area contributed by atoms with Crippen LogP contribution in [0.2, 0.25) is 0 Å². The molecule has 5 heteroatoms. The quantitative estimate of drug-likeness (QED) is 0.759. The first-order valence-corrected chi connectivity index (χ1v) is 5.86. The molecule has 0 spiro atoms. The van der Waals surface area contributed by atoms with Crippen molar-refractivity contribution in [3.8, 4) is 5.75 Å². The van der Waals surface area contributed by atoms with Crippen LogP contribution >= 0.6 is 0 Å². The van der Waals surface area contributed by atoms with E-state index in [2.05, 4.69) is 10.2 Å². The molecule has 1 heterocycles. The Morgan fingerprint density at radius 2 is 2.12 bits per heavy atom. The SMILES string of the molecule is Nc1ccc(OCCN2CCNCC2)c(F)c1. The third kappa shape index (κ3) is 3.57. The number of ether oxygens (including phenoxy) is 1. The predicted molar refractivity (Wildman–Crippen MR) is 65.6 cm³/mol. The zero-order chi connectivity index (χ0) is 12.1. The van der Waals surface area contributed by atoms with Crippen molar-refractivity contribution in [1.29, 1.82) is 0 Å². The van der Waals surface area contributed by atoms with E-state index >= 15 is 0 Å². The van der Waals surface area contributed by atoms with Gasteiger partial charge in [0.15, 0.2) is 11.6 Å². The number of nitrogen functional groups attached to an aromatic ring is 1. The highest BCUT2D eigenvalue weighted by Crippen LogP contribution is 2.19. The van der Waals surface area contributed by atoms with Gasteiger partial charge in [-0.2, -0.15) is 0 Å². The summed E-state index contributed by atoms with van der Waals surface area (Å²) in [7, 11) is 0. The molecule has 0 atom stereocenters. The number of nitrogens with one attached hydrogen (secondary N) is 1. The Balaban J connectivity index is 1.77. The third-order valence-electron chi connectivity index (χ3n) is 2.83. The van der Waals surface area contributed by atoms with Gasteiger partial charge < -0.3 is 15.8 Å². The maximum atomic E-state index is 13.4. The Labute approximate surface area is 101 Å². The molecule has 0 radical (unpaired) electrons. The Morgan fingerprint density at radius 1 is 1.35 bits per heavy atom. The summed E-state index contributed by atoms with van der Waals surface area (Å²) in [6.07, 6.45) is 0. The lowest BCUT2D eigenvalue weighted by molar-refractivity contribution is 0.188. The van der Waals surface area contributed by atoms with E-state index in [0.717, 1.165) is 32.7 Å². The number of nitrogens with two attached hydrogens (primary N) is 1. The highest BCUT2D eigenvalue weighted by atomic mass is 19.1. The van der Waals surface area contributed by atoms with Crippen LogP contribution in [-0.2, 0) is 0 Å². The van der Waals surface area contributed by atoms with Crippen molar-refractivity contribution >= 4 is 5.69 Å². The topological polar surface area (TPSA) is 50.5 Å². The van der Waals surface area contributed by atoms with Crippen molar-refractivity contribution in [2.45, 2.75) is 0 Å². The van der Waals surface area contributed by atoms with Crippen LogP contribution < -0.4 is 15.8 Å². The molecule has 17 heavy (non-hydrogen) atoms. The summed E-state index contributed by atoms with van der Waals surface area (Å²) in [5, 5.41) is 3.28. The second-order valence-corrected chi connectivity index (χ2v) is 4.13. The summed E-state index contributed by atoms with van der Waals surface area (Å²) < 4.78 is 18.8. The first-order chi connectivity index (χ1) is 8.25. The maximum absolute atomic E-state index is 13.4. The number of nitrogens with zero attached hydrogens (tertiary/aromatic N) is 1. The average molecular weight is 239 g/mol. The highest BCUT2D eigenvalue weighted by molar-refractivity contribution is 5.42. The van der Waals surface area contributed by atoms with Crippen molar-refractivity contribution in [1.82, 2.24) is 10.2 Å². The van der Waals surface area contributed by atoms with Gasteiger partial charge in [0.25, 0.3) is 0 Å². The van der Waals surface area contributed by atoms with E-state index in [1.807, 2.05) is 0 Å². The van der Waals surface area contributed by atoms with E-state index < -0.39 is 5.82 Å². The van der Waals surface area contributed by atoms with Gasteiger partial charge in [-0.15, -0.1) is 0 Å². The fourth-order valence-corrected chi connectivity index (χ4v) is 1.85. The first-order valence-electron chi connectivity index (χ1n) is 5.86. The maximum Gasteiger partial charge on any atom is 0.167 e. The Hall–Kier alpha value is -1.33. The standard InChI is InChI=1S/C12H18FN3O/c13-11-9-10(14)1-2-12(11)17-8-7-16-5-3-15-4-6-16/h1-2,9,15H,3-8,14H2. The molecule has 1 aromatic carbocycles. The van der Waals surface area contributed by atoms with E-state index in [0.29, 0.717) is 12.3 Å². The van der Waals surface area contributed by atoms with Gasteiger partial charge in [-0.05, 0) is 12.1 Å². The van der Waals surface area contributed by atoms with Gasteiger partial charge in [-0.3, -0.25) is 4.90 Å². The monoisotopic (exact) mass is 239 g/mol. The Morgan fingerprint density at radius 3 is 2.82 bits per heavy atom. The number of anilines is 1. The Bertz CT molecular complexity index is 367. The normalized spacial score (nSPS) is 17.0. The molecule has 1 aliphatic rings. The van der Waals surface area contributed by atoms with Crippen LogP contribution in [-0.4, -0.2) is 44.2 Å². The predicted octanol–water partition coefficient (Wildman–Crippen LogP) is 0.692. The molecule has 0 aromatic heterocycles. The van der Waals surface area contributed by atoms with Crippen LogP contribution in [0.4, 0.5) is 10.1 Å². The molecule has 0 amide bonds. The molecule has 1 aromatic rings. The lowest BCUT2D eigenvalue weighted by Gasteiger charge is -2.26. The largest absolute Gasteiger partial charge is 0.489 e. The van der Waals surface area contributed by atoms with Gasteiger partial charge in [0.1, 0.15) is 6.61 Å². The highest BCUT2D eigenvalue weighted by Gasteiger charge is 2.09. The van der Waals surface area contributed by atoms with Crippen LogP contribution in [0, 0.1) is 5.82 Å². The minimum absolute atomic E-state index is 0.273. The van der Waals surface area contributed by atoms with Crippen LogP contribution in [0.5, 0.6) is 5.75 Å². The second kappa shape index (κ2) is 5.84. The van der Waals surface area contributed by atoms with Gasteiger partial charge in [-0.1, -0.05) is 0 Å². The lowest BCUT2D eigenvalue weighted by atomic mass is 10.3. The molecule has 0 saturated carbocycles. The summed E-state index contributed by atoms with van der Waals surface area (Å²) >= 11 is 0. The summed E-state index contributed by atoms with van der Waals surface area (Å²) in [5.74, 6) is -0.125. The number of piperazine rings is 1. The Kier molecular flexibility index (Phi) is 4.17. The van der Waals surface area contributed by atoms with E-state index in [1.54, 1.807) is 12.1 Å². The van der Waals surface area contributed by atoms with Gasteiger partial charge >= 0.3 is 0 Å². The molecule has 3 N–H and O–H groups in total. The average Bonchev–Trinajstić information content (AvgIpc) is 2.33. The molecular formula is C12H18FN3O. The molecule has 0 bridgehead atoms. The molecule has 94 valence electrons. The zero-order valence-electron chi connectivity index (χ0n) is 9.79. The molecule has 0 unspecified atom stereocenters. The third-order valence-corrected chi connectivity index (χ3v) is 2.83. The van der Waals surface area contributed by atoms with E-state index in [-0.39, 0.29) is 5.75 Å². The molecule has 1 fully saturated rings. The number of benzene rings is 1.